The first kappa shape index (κ1) is 13.6. The van der Waals surface area contributed by atoms with Crippen molar-refractivity contribution >= 4 is 32.6 Å². The second-order valence-electron chi connectivity index (χ2n) is 3.37. The number of carbonyl (C=O) groups excluding carboxylic acids is 1. The molecular formula is C11H7Br2NO4. The minimum Gasteiger partial charge on any atom is -0.372 e. The van der Waals surface area contributed by atoms with Crippen molar-refractivity contribution in [1.29, 1.82) is 0 Å². The van der Waals surface area contributed by atoms with E-state index in [4.69, 9.17) is 0 Å². The second kappa shape index (κ2) is 5.85. The number of Topliss-reactive ketones (excluding diaryl/α,β-unsaturated/α-hetero) is 1. The van der Waals surface area contributed by atoms with Gasteiger partial charge in [-0.25, -0.2) is 0 Å². The van der Waals surface area contributed by atoms with Gasteiger partial charge in [-0.3, -0.25) is 9.78 Å². The third-order valence-corrected chi connectivity index (χ3v) is 4.03. The number of fused-ring (bicyclic) bond motifs is 1. The lowest BCUT2D eigenvalue weighted by molar-refractivity contribution is -1.63. The lowest BCUT2D eigenvalue weighted by Crippen LogP contribution is -2.38. The number of alkyl halides is 1. The molecule has 0 aliphatic carbocycles. The fraction of sp³-hybridized carbons (Fsp3) is 0.0909. The van der Waals surface area contributed by atoms with Gasteiger partial charge in [0, 0.05) is 21.0 Å². The van der Waals surface area contributed by atoms with Gasteiger partial charge in [-0.1, -0.05) is 6.07 Å². The number of halogens is 2. The number of aromatic nitrogens is 1. The Hall–Kier alpha value is -0.860. The fourth-order valence-corrected chi connectivity index (χ4v) is 2.77. The minimum atomic E-state index is -3.43. The van der Waals surface area contributed by atoms with Crippen LogP contribution in [0.2, 0.25) is 0 Å². The van der Waals surface area contributed by atoms with E-state index in [2.05, 4.69) is 24.7 Å². The maximum atomic E-state index is 11.9. The standard InChI is InChI=1S/C11H7Br2NO4/c12-11(18-13(16)17)10(15)8-3-4-9-7(6-8)2-1-5-14-9/h1-6,11H. The second-order valence-corrected chi connectivity index (χ2v) is 5.37. The molecule has 5 nitrogen and oxygen atoms in total. The van der Waals surface area contributed by atoms with E-state index in [0.29, 0.717) is 5.56 Å². The van der Waals surface area contributed by atoms with Gasteiger partial charge in [-0.05, 0) is 40.2 Å². The Labute approximate surface area is 116 Å². The van der Waals surface area contributed by atoms with Gasteiger partial charge in [0.05, 0.1) is 5.52 Å². The van der Waals surface area contributed by atoms with Crippen molar-refractivity contribution in [3.05, 3.63) is 42.1 Å². The first-order chi connectivity index (χ1) is 8.58. The van der Waals surface area contributed by atoms with Crippen LogP contribution in [0, 0.1) is 14.8 Å². The zero-order valence-electron chi connectivity index (χ0n) is 8.88. The number of pyridine rings is 1. The zero-order chi connectivity index (χ0) is 13.1. The Morgan fingerprint density at radius 3 is 2.89 bits per heavy atom. The van der Waals surface area contributed by atoms with Crippen molar-refractivity contribution in [2.24, 2.45) is 0 Å². The first-order valence-electron chi connectivity index (χ1n) is 4.83. The van der Waals surface area contributed by atoms with Crippen LogP contribution in [0.1, 0.15) is 10.4 Å². The molecule has 1 aromatic heterocycles. The third-order valence-electron chi connectivity index (χ3n) is 2.24. The smallest absolute Gasteiger partial charge is 0.372 e. The Kier molecular flexibility index (Phi) is 4.41. The van der Waals surface area contributed by atoms with E-state index in [1.165, 1.54) is 0 Å². The summed E-state index contributed by atoms with van der Waals surface area (Å²) in [7, 11) is 0. The van der Waals surface area contributed by atoms with Crippen molar-refractivity contribution in [2.75, 3.05) is 0 Å². The molecule has 1 heterocycles. The molecule has 1 aromatic carbocycles. The largest absolute Gasteiger partial charge is 0.438 e. The molecule has 0 spiro atoms. The molecule has 7 heteroatoms. The third kappa shape index (κ3) is 3.12. The summed E-state index contributed by atoms with van der Waals surface area (Å²) in [5.41, 5.74) is 1.12. The average molecular weight is 377 g/mol. The van der Waals surface area contributed by atoms with Crippen LogP contribution < -0.4 is 8.40 Å². The molecule has 1 unspecified atom stereocenters. The number of benzene rings is 1. The molecular weight excluding hydrogens is 370 g/mol. The molecule has 0 fully saturated rings. The normalized spacial score (nSPS) is 12.9. The molecule has 0 saturated heterocycles. The molecule has 0 radical (unpaired) electrons. The molecule has 2 rings (SSSR count). The SMILES string of the molecule is O=C(c1ccc2ncccc2c1)C(Br)O[Br+2]([O-])[O-]. The highest BCUT2D eigenvalue weighted by molar-refractivity contribution is 9.09. The molecule has 2 aromatic rings. The topological polar surface area (TPSA) is 85.3 Å². The van der Waals surface area contributed by atoms with E-state index in [9.17, 15) is 13.2 Å². The predicted molar refractivity (Wildman–Crippen MR) is 59.9 cm³/mol. The zero-order valence-corrected chi connectivity index (χ0v) is 12.0. The molecule has 0 amide bonds. The summed E-state index contributed by atoms with van der Waals surface area (Å²) in [4.78, 5) is 16.0. The summed E-state index contributed by atoms with van der Waals surface area (Å²) in [6, 6.07) is 8.50. The number of ketones is 1. The van der Waals surface area contributed by atoms with Gasteiger partial charge >= 0.3 is 14.8 Å². The Morgan fingerprint density at radius 2 is 2.17 bits per heavy atom. The molecule has 0 N–H and O–H groups in total. The van der Waals surface area contributed by atoms with E-state index < -0.39 is 25.6 Å². The summed E-state index contributed by atoms with van der Waals surface area (Å²) in [5, 5.41) is -0.380. The summed E-state index contributed by atoms with van der Waals surface area (Å²) < 4.78 is 25.3. The van der Waals surface area contributed by atoms with Gasteiger partial charge in [0.1, 0.15) is 0 Å². The molecule has 1 atom stereocenters. The molecule has 0 aliphatic rings. The van der Waals surface area contributed by atoms with E-state index in [1.807, 2.05) is 6.07 Å². The lowest BCUT2D eigenvalue weighted by Gasteiger charge is -2.04. The van der Waals surface area contributed by atoms with Gasteiger partial charge < -0.3 is 8.40 Å². The average Bonchev–Trinajstić information content (AvgIpc) is 2.36. The van der Waals surface area contributed by atoms with E-state index in [-0.39, 0.29) is 0 Å². The van der Waals surface area contributed by atoms with Gasteiger partial charge in [0.15, 0.2) is 0 Å². The minimum absolute atomic E-state index is 0.362. The highest BCUT2D eigenvalue weighted by Crippen LogP contribution is 2.17. The number of hydrogen-bond donors (Lipinski definition) is 0. The van der Waals surface area contributed by atoms with Crippen LogP contribution in [0.4, 0.5) is 0 Å². The van der Waals surface area contributed by atoms with Crippen molar-refractivity contribution in [3.63, 3.8) is 0 Å². The predicted octanol–water partition coefficient (Wildman–Crippen LogP) is 0.241. The van der Waals surface area contributed by atoms with E-state index in [1.54, 1.807) is 30.5 Å². The number of carbonyl (C=O) groups is 1. The maximum Gasteiger partial charge on any atom is 0.438 e. The van der Waals surface area contributed by atoms with Crippen LogP contribution in [0.3, 0.4) is 0 Å². The van der Waals surface area contributed by atoms with Crippen LogP contribution in [0.5, 0.6) is 0 Å². The summed E-state index contributed by atoms with van der Waals surface area (Å²) in [6.07, 6.45) is 1.66. The van der Waals surface area contributed by atoms with Crippen molar-refractivity contribution < 1.29 is 31.8 Å². The van der Waals surface area contributed by atoms with Gasteiger partial charge in [0.2, 0.25) is 5.78 Å². The highest BCUT2D eigenvalue weighted by atomic mass is 80.0. The summed E-state index contributed by atoms with van der Waals surface area (Å²) in [5.74, 6) is -0.449. The van der Waals surface area contributed by atoms with Crippen molar-refractivity contribution in [1.82, 2.24) is 4.98 Å². The fourth-order valence-electron chi connectivity index (χ4n) is 1.46. The molecule has 18 heavy (non-hydrogen) atoms. The molecule has 0 saturated carbocycles. The van der Waals surface area contributed by atoms with Crippen LogP contribution in [-0.2, 0) is 3.83 Å². The van der Waals surface area contributed by atoms with Crippen molar-refractivity contribution in [2.45, 2.75) is 5.01 Å². The van der Waals surface area contributed by atoms with Gasteiger partial charge in [-0.15, -0.1) is 0 Å². The van der Waals surface area contributed by atoms with E-state index >= 15 is 0 Å². The molecule has 0 aliphatic heterocycles. The van der Waals surface area contributed by atoms with Crippen LogP contribution in [-0.4, -0.2) is 15.8 Å². The summed E-state index contributed by atoms with van der Waals surface area (Å²) >= 11 is -0.545. The number of nitrogens with zero attached hydrogens (tertiary/aromatic N) is 1. The Bertz CT molecular complexity index is 576. The van der Waals surface area contributed by atoms with Gasteiger partial charge in [0.25, 0.3) is 5.01 Å². The molecule has 94 valence electrons. The maximum absolute atomic E-state index is 11.9. The van der Waals surface area contributed by atoms with Crippen LogP contribution in [0.15, 0.2) is 36.5 Å². The van der Waals surface area contributed by atoms with Crippen LogP contribution >= 0.6 is 15.9 Å². The Balaban J connectivity index is 2.28. The van der Waals surface area contributed by atoms with Crippen LogP contribution in [0.25, 0.3) is 10.9 Å². The Morgan fingerprint density at radius 1 is 1.39 bits per heavy atom. The monoisotopic (exact) mass is 375 g/mol. The lowest BCUT2D eigenvalue weighted by atomic mass is 10.1. The quantitative estimate of drug-likeness (QED) is 0.563. The summed E-state index contributed by atoms with van der Waals surface area (Å²) in [6.45, 7) is 0. The van der Waals surface area contributed by atoms with E-state index in [0.717, 1.165) is 10.9 Å². The van der Waals surface area contributed by atoms with Crippen molar-refractivity contribution in [3.8, 4) is 0 Å². The van der Waals surface area contributed by atoms with Gasteiger partial charge in [-0.2, -0.15) is 0 Å². The number of rotatable bonds is 4. The number of hydrogen-bond acceptors (Lipinski definition) is 5. The first-order valence-corrected chi connectivity index (χ1v) is 7.69. The highest BCUT2D eigenvalue weighted by Gasteiger charge is 2.28. The molecule has 0 bridgehead atoms.